The first-order valence-corrected chi connectivity index (χ1v) is 7.78. The average Bonchev–Trinajstić information content (AvgIpc) is 2.23. The molecule has 1 unspecified atom stereocenters. The maximum absolute atomic E-state index is 11.9. The molecule has 5 heteroatoms. The number of carboxylic acids is 1. The molecule has 21 heavy (non-hydrogen) atoms. The van der Waals surface area contributed by atoms with Crippen LogP contribution in [0.4, 0.5) is 4.79 Å². The van der Waals surface area contributed by atoms with E-state index in [1.165, 1.54) is 0 Å². The summed E-state index contributed by atoms with van der Waals surface area (Å²) >= 11 is 0. The zero-order valence-electron chi connectivity index (χ0n) is 14.0. The third-order valence-electron chi connectivity index (χ3n) is 4.17. The Labute approximate surface area is 127 Å². The number of rotatable bonds is 5. The second kappa shape index (κ2) is 6.67. The molecule has 0 bridgehead atoms. The van der Waals surface area contributed by atoms with Crippen LogP contribution in [0.2, 0.25) is 0 Å². The average molecular weight is 298 g/mol. The third-order valence-corrected chi connectivity index (χ3v) is 4.17. The zero-order valence-corrected chi connectivity index (χ0v) is 14.0. The maximum atomic E-state index is 11.9. The van der Waals surface area contributed by atoms with E-state index in [1.807, 2.05) is 0 Å². The van der Waals surface area contributed by atoms with E-state index >= 15 is 0 Å². The largest absolute Gasteiger partial charge is 0.481 e. The number of urea groups is 1. The number of hydrogen-bond donors (Lipinski definition) is 3. The van der Waals surface area contributed by atoms with Crippen molar-refractivity contribution in [2.75, 3.05) is 6.54 Å². The second-order valence-corrected chi connectivity index (χ2v) is 8.04. The van der Waals surface area contributed by atoms with Gasteiger partial charge >= 0.3 is 12.0 Å². The van der Waals surface area contributed by atoms with Crippen LogP contribution in [0.25, 0.3) is 0 Å². The first-order valence-electron chi connectivity index (χ1n) is 7.78. The van der Waals surface area contributed by atoms with Crippen LogP contribution in [-0.4, -0.2) is 29.7 Å². The van der Waals surface area contributed by atoms with Crippen LogP contribution in [0, 0.1) is 16.7 Å². The molecule has 0 aromatic rings. The molecule has 1 fully saturated rings. The Bertz CT molecular complexity index is 375. The number of hydrogen-bond acceptors (Lipinski definition) is 2. The number of carbonyl (C=O) groups excluding carboxylic acids is 1. The lowest BCUT2D eigenvalue weighted by Crippen LogP contribution is -2.49. The van der Waals surface area contributed by atoms with E-state index in [0.717, 1.165) is 19.3 Å². The highest BCUT2D eigenvalue weighted by molar-refractivity contribution is 5.74. The zero-order chi connectivity index (χ0) is 16.3. The minimum Gasteiger partial charge on any atom is -0.481 e. The molecule has 0 saturated heterocycles. The van der Waals surface area contributed by atoms with Crippen LogP contribution in [-0.2, 0) is 4.79 Å². The van der Waals surface area contributed by atoms with Crippen LogP contribution >= 0.6 is 0 Å². The highest BCUT2D eigenvalue weighted by Gasteiger charge is 2.38. The van der Waals surface area contributed by atoms with Crippen molar-refractivity contribution in [3.8, 4) is 0 Å². The molecule has 1 aliphatic carbocycles. The molecule has 5 nitrogen and oxygen atoms in total. The van der Waals surface area contributed by atoms with Gasteiger partial charge in [-0.15, -0.1) is 0 Å². The van der Waals surface area contributed by atoms with E-state index in [-0.39, 0.29) is 22.9 Å². The Kier molecular flexibility index (Phi) is 5.65. The summed E-state index contributed by atoms with van der Waals surface area (Å²) in [6.07, 6.45) is 3.57. The highest BCUT2D eigenvalue weighted by Crippen LogP contribution is 2.45. The van der Waals surface area contributed by atoms with E-state index in [1.54, 1.807) is 6.92 Å². The number of aliphatic carboxylic acids is 1. The third kappa shape index (κ3) is 6.36. The number of amides is 2. The van der Waals surface area contributed by atoms with Crippen LogP contribution in [0.5, 0.6) is 0 Å². The fourth-order valence-corrected chi connectivity index (χ4v) is 3.71. The van der Waals surface area contributed by atoms with E-state index in [9.17, 15) is 9.59 Å². The SMILES string of the molecule is CC(CCNC(=O)NC1CC(C)(C)CC(C)(C)C1)C(=O)O. The predicted octanol–water partition coefficient (Wildman–Crippen LogP) is 3.00. The molecule has 1 aliphatic rings. The summed E-state index contributed by atoms with van der Waals surface area (Å²) < 4.78 is 0. The summed E-state index contributed by atoms with van der Waals surface area (Å²) in [5.41, 5.74) is 0.467. The molecule has 3 N–H and O–H groups in total. The molecule has 0 heterocycles. The monoisotopic (exact) mass is 298 g/mol. The molecule has 1 atom stereocenters. The lowest BCUT2D eigenvalue weighted by atomic mass is 9.63. The molecule has 1 rings (SSSR count). The van der Waals surface area contributed by atoms with E-state index in [4.69, 9.17) is 5.11 Å². The van der Waals surface area contributed by atoms with Crippen molar-refractivity contribution in [1.82, 2.24) is 10.6 Å². The van der Waals surface area contributed by atoms with Gasteiger partial charge in [0.05, 0.1) is 5.92 Å². The molecule has 0 aromatic heterocycles. The lowest BCUT2D eigenvalue weighted by Gasteiger charge is -2.45. The Balaban J connectivity index is 2.39. The van der Waals surface area contributed by atoms with Crippen LogP contribution in [0.3, 0.4) is 0 Å². The standard InChI is InChI=1S/C16H30N2O3/c1-11(13(19)20)6-7-17-14(21)18-12-8-15(2,3)10-16(4,5)9-12/h11-12H,6-10H2,1-5H3,(H,19,20)(H2,17,18,21). The van der Waals surface area contributed by atoms with Crippen molar-refractivity contribution < 1.29 is 14.7 Å². The van der Waals surface area contributed by atoms with Crippen molar-refractivity contribution in [3.05, 3.63) is 0 Å². The molecule has 0 spiro atoms. The van der Waals surface area contributed by atoms with Gasteiger partial charge in [0, 0.05) is 12.6 Å². The topological polar surface area (TPSA) is 78.4 Å². The van der Waals surface area contributed by atoms with Crippen molar-refractivity contribution in [1.29, 1.82) is 0 Å². The second-order valence-electron chi connectivity index (χ2n) is 8.04. The van der Waals surface area contributed by atoms with Gasteiger partial charge < -0.3 is 15.7 Å². The minimum atomic E-state index is -0.826. The van der Waals surface area contributed by atoms with Crippen molar-refractivity contribution in [2.45, 2.75) is 66.3 Å². The molecule has 1 saturated carbocycles. The normalized spacial score (nSPS) is 22.3. The van der Waals surface area contributed by atoms with E-state index in [2.05, 4.69) is 38.3 Å². The van der Waals surface area contributed by atoms with Crippen molar-refractivity contribution in [3.63, 3.8) is 0 Å². The summed E-state index contributed by atoms with van der Waals surface area (Å²) in [6.45, 7) is 11.0. The van der Waals surface area contributed by atoms with Gasteiger partial charge in [0.2, 0.25) is 0 Å². The highest BCUT2D eigenvalue weighted by atomic mass is 16.4. The minimum absolute atomic E-state index is 0.181. The van der Waals surface area contributed by atoms with Gasteiger partial charge in [-0.05, 0) is 36.5 Å². The fourth-order valence-electron chi connectivity index (χ4n) is 3.71. The summed E-state index contributed by atoms with van der Waals surface area (Å²) in [6, 6.07) is -0.00765. The smallest absolute Gasteiger partial charge is 0.315 e. The Morgan fingerprint density at radius 1 is 1.19 bits per heavy atom. The fraction of sp³-hybridized carbons (Fsp3) is 0.875. The number of nitrogens with one attached hydrogen (secondary N) is 2. The molecule has 0 radical (unpaired) electrons. The van der Waals surface area contributed by atoms with Crippen molar-refractivity contribution >= 4 is 12.0 Å². The van der Waals surface area contributed by atoms with Crippen LogP contribution < -0.4 is 10.6 Å². The van der Waals surface area contributed by atoms with Crippen LogP contribution in [0.15, 0.2) is 0 Å². The quantitative estimate of drug-likeness (QED) is 0.730. The van der Waals surface area contributed by atoms with Gasteiger partial charge in [0.25, 0.3) is 0 Å². The lowest BCUT2D eigenvalue weighted by molar-refractivity contribution is -0.141. The molecular weight excluding hydrogens is 268 g/mol. The summed E-state index contributed by atoms with van der Waals surface area (Å²) in [5, 5.41) is 14.6. The Morgan fingerprint density at radius 2 is 1.71 bits per heavy atom. The Morgan fingerprint density at radius 3 is 2.19 bits per heavy atom. The number of carboxylic acid groups (broad SMARTS) is 1. The van der Waals surface area contributed by atoms with Gasteiger partial charge in [-0.3, -0.25) is 4.79 Å². The van der Waals surface area contributed by atoms with Gasteiger partial charge in [0.15, 0.2) is 0 Å². The predicted molar refractivity (Wildman–Crippen MR) is 83.2 cm³/mol. The Hall–Kier alpha value is -1.26. The van der Waals surface area contributed by atoms with Gasteiger partial charge in [-0.2, -0.15) is 0 Å². The van der Waals surface area contributed by atoms with Gasteiger partial charge in [-0.1, -0.05) is 34.6 Å². The molecule has 0 aromatic carbocycles. The molecule has 0 aliphatic heterocycles. The van der Waals surface area contributed by atoms with E-state index < -0.39 is 11.9 Å². The summed E-state index contributed by atoms with van der Waals surface area (Å²) in [5.74, 6) is -1.26. The number of carbonyl (C=O) groups is 2. The van der Waals surface area contributed by atoms with Crippen molar-refractivity contribution in [2.24, 2.45) is 16.7 Å². The molecule has 122 valence electrons. The van der Waals surface area contributed by atoms with E-state index in [0.29, 0.717) is 13.0 Å². The maximum Gasteiger partial charge on any atom is 0.315 e. The molecular formula is C16H30N2O3. The van der Waals surface area contributed by atoms with Gasteiger partial charge in [0.1, 0.15) is 0 Å². The van der Waals surface area contributed by atoms with Crippen LogP contribution in [0.1, 0.15) is 60.3 Å². The summed E-state index contributed by atoms with van der Waals surface area (Å²) in [7, 11) is 0. The van der Waals surface area contributed by atoms with Gasteiger partial charge in [-0.25, -0.2) is 4.79 Å². The first-order chi connectivity index (χ1) is 9.51. The first kappa shape index (κ1) is 17.8. The molecule has 2 amide bonds. The summed E-state index contributed by atoms with van der Waals surface area (Å²) in [4.78, 5) is 22.6.